The Hall–Kier alpha value is -0.240. The van der Waals surface area contributed by atoms with E-state index in [-0.39, 0.29) is 19.7 Å². The van der Waals surface area contributed by atoms with E-state index in [9.17, 15) is 20.4 Å². The number of aliphatic hydroxyl groups excluding tert-OH is 5. The molecule has 1 fully saturated rings. The molecule has 1 aliphatic rings. The van der Waals surface area contributed by atoms with E-state index in [1.54, 1.807) is 4.90 Å². The molecule has 0 saturated carbocycles. The summed E-state index contributed by atoms with van der Waals surface area (Å²) in [6, 6.07) is 0. The second-order valence-corrected chi connectivity index (χ2v) is 3.60. The van der Waals surface area contributed by atoms with Gasteiger partial charge in [-0.25, -0.2) is 0 Å². The minimum absolute atomic E-state index is 0.0916. The Labute approximate surface area is 82.0 Å². The van der Waals surface area contributed by atoms with Crippen molar-refractivity contribution in [1.29, 1.82) is 0 Å². The quantitative estimate of drug-likeness (QED) is 0.325. The minimum atomic E-state index is -1.34. The van der Waals surface area contributed by atoms with E-state index < -0.39 is 24.4 Å². The van der Waals surface area contributed by atoms with Crippen LogP contribution < -0.4 is 0 Å². The Morgan fingerprint density at radius 2 is 1.36 bits per heavy atom. The monoisotopic (exact) mass is 207 g/mol. The van der Waals surface area contributed by atoms with Crippen LogP contribution in [0.25, 0.3) is 0 Å². The van der Waals surface area contributed by atoms with E-state index in [4.69, 9.17) is 5.11 Å². The maximum absolute atomic E-state index is 9.40. The van der Waals surface area contributed by atoms with Crippen LogP contribution in [0.1, 0.15) is 0 Å². The van der Waals surface area contributed by atoms with Gasteiger partial charge < -0.3 is 25.5 Å². The van der Waals surface area contributed by atoms with Crippen LogP contribution in [-0.4, -0.2) is 81.1 Å². The van der Waals surface area contributed by atoms with Gasteiger partial charge in [-0.3, -0.25) is 4.90 Å². The highest BCUT2D eigenvalue weighted by Crippen LogP contribution is 2.12. The van der Waals surface area contributed by atoms with E-state index in [0.717, 1.165) is 0 Å². The molecule has 0 amide bonds. The van der Waals surface area contributed by atoms with E-state index in [0.29, 0.717) is 6.54 Å². The molecule has 1 rings (SSSR count). The zero-order valence-corrected chi connectivity index (χ0v) is 7.82. The molecule has 84 valence electrons. The van der Waals surface area contributed by atoms with Crippen LogP contribution in [-0.2, 0) is 0 Å². The molecule has 0 spiro atoms. The number of hydrogen-bond acceptors (Lipinski definition) is 6. The first-order valence-electron chi connectivity index (χ1n) is 4.61. The molecule has 0 aliphatic carbocycles. The molecule has 14 heavy (non-hydrogen) atoms. The van der Waals surface area contributed by atoms with Crippen LogP contribution in [0.5, 0.6) is 0 Å². The molecule has 0 bridgehead atoms. The lowest BCUT2D eigenvalue weighted by atomic mass is 10.1. The largest absolute Gasteiger partial charge is 0.395 e. The van der Waals surface area contributed by atoms with Crippen molar-refractivity contribution < 1.29 is 25.5 Å². The van der Waals surface area contributed by atoms with Gasteiger partial charge in [-0.15, -0.1) is 0 Å². The average molecular weight is 207 g/mol. The molecule has 6 nitrogen and oxygen atoms in total. The second-order valence-electron chi connectivity index (χ2n) is 3.60. The van der Waals surface area contributed by atoms with Crippen molar-refractivity contribution in [3.05, 3.63) is 0 Å². The molecule has 5 N–H and O–H groups in total. The molecule has 0 aromatic rings. The Morgan fingerprint density at radius 3 is 1.71 bits per heavy atom. The predicted molar refractivity (Wildman–Crippen MR) is 47.6 cm³/mol. The normalized spacial score (nSPS) is 40.9. The van der Waals surface area contributed by atoms with Crippen molar-refractivity contribution in [3.63, 3.8) is 0 Å². The molecule has 0 radical (unpaired) electrons. The van der Waals surface area contributed by atoms with Crippen molar-refractivity contribution in [2.45, 2.75) is 24.4 Å². The lowest BCUT2D eigenvalue weighted by molar-refractivity contribution is -0.0894. The Balaban J connectivity index is 2.62. The third kappa shape index (κ3) is 2.63. The van der Waals surface area contributed by atoms with Gasteiger partial charge in [0.25, 0.3) is 0 Å². The summed E-state index contributed by atoms with van der Waals surface area (Å²) in [5.41, 5.74) is 0. The maximum Gasteiger partial charge on any atom is 0.110 e. The van der Waals surface area contributed by atoms with Gasteiger partial charge in [-0.1, -0.05) is 0 Å². The Morgan fingerprint density at radius 1 is 0.929 bits per heavy atom. The topological polar surface area (TPSA) is 104 Å². The predicted octanol–water partition coefficient (Wildman–Crippen LogP) is -3.26. The summed E-state index contributed by atoms with van der Waals surface area (Å²) in [6.45, 7) is 0.477. The van der Waals surface area contributed by atoms with Crippen LogP contribution in [0.3, 0.4) is 0 Å². The SMILES string of the molecule is OCCN1CC(O)C(O)C(O)C(O)C1. The van der Waals surface area contributed by atoms with Crippen molar-refractivity contribution in [3.8, 4) is 0 Å². The van der Waals surface area contributed by atoms with Gasteiger partial charge in [-0.2, -0.15) is 0 Å². The maximum atomic E-state index is 9.40. The second kappa shape index (κ2) is 5.01. The molecule has 1 saturated heterocycles. The lowest BCUT2D eigenvalue weighted by Crippen LogP contribution is -2.43. The number of β-amino-alcohol motifs (C(OH)–C–C–N with tert-alkyl or cyclic N) is 3. The Bertz CT molecular complexity index is 163. The smallest absolute Gasteiger partial charge is 0.110 e. The Kier molecular flexibility index (Phi) is 4.24. The van der Waals surface area contributed by atoms with Crippen LogP contribution in [0.2, 0.25) is 0 Å². The number of likely N-dealkylation sites (tertiary alicyclic amines) is 1. The molecule has 0 aromatic heterocycles. The molecule has 4 unspecified atom stereocenters. The fourth-order valence-corrected chi connectivity index (χ4v) is 1.60. The molecule has 1 heterocycles. The summed E-state index contributed by atoms with van der Waals surface area (Å²) in [6.07, 6.45) is -4.88. The molecular weight excluding hydrogens is 190 g/mol. The first kappa shape index (κ1) is 11.8. The summed E-state index contributed by atoms with van der Waals surface area (Å²) in [5.74, 6) is 0. The summed E-state index contributed by atoms with van der Waals surface area (Å²) in [4.78, 5) is 1.59. The zero-order chi connectivity index (χ0) is 10.7. The fourth-order valence-electron chi connectivity index (χ4n) is 1.60. The van der Waals surface area contributed by atoms with Gasteiger partial charge in [0.1, 0.15) is 12.2 Å². The van der Waals surface area contributed by atoms with Crippen molar-refractivity contribution in [1.82, 2.24) is 4.90 Å². The van der Waals surface area contributed by atoms with Crippen molar-refractivity contribution in [2.24, 2.45) is 0 Å². The molecule has 6 heteroatoms. The van der Waals surface area contributed by atoms with E-state index >= 15 is 0 Å². The highest BCUT2D eigenvalue weighted by Gasteiger charge is 2.35. The number of aliphatic hydroxyl groups is 5. The van der Waals surface area contributed by atoms with Crippen molar-refractivity contribution >= 4 is 0 Å². The van der Waals surface area contributed by atoms with Crippen LogP contribution in [0.4, 0.5) is 0 Å². The number of nitrogens with zero attached hydrogens (tertiary/aromatic N) is 1. The first-order valence-corrected chi connectivity index (χ1v) is 4.61. The average Bonchev–Trinajstić information content (AvgIpc) is 2.21. The number of rotatable bonds is 2. The highest BCUT2D eigenvalue weighted by atomic mass is 16.4. The van der Waals surface area contributed by atoms with Gasteiger partial charge in [0.2, 0.25) is 0 Å². The van der Waals surface area contributed by atoms with E-state index in [1.165, 1.54) is 0 Å². The van der Waals surface area contributed by atoms with Gasteiger partial charge in [0, 0.05) is 19.6 Å². The standard InChI is InChI=1S/C8H17NO5/c10-2-1-9-3-5(11)7(13)8(14)6(12)4-9/h5-8,10-14H,1-4H2. The summed E-state index contributed by atoms with van der Waals surface area (Å²) in [5, 5.41) is 46.1. The van der Waals surface area contributed by atoms with Gasteiger partial charge in [-0.05, 0) is 0 Å². The van der Waals surface area contributed by atoms with Gasteiger partial charge in [0.05, 0.1) is 18.8 Å². The fraction of sp³-hybridized carbons (Fsp3) is 1.00. The summed E-state index contributed by atoms with van der Waals surface area (Å²) >= 11 is 0. The summed E-state index contributed by atoms with van der Waals surface area (Å²) < 4.78 is 0. The molecule has 1 aliphatic heterocycles. The number of hydrogen-bond donors (Lipinski definition) is 5. The lowest BCUT2D eigenvalue weighted by Gasteiger charge is -2.21. The van der Waals surface area contributed by atoms with Crippen LogP contribution in [0, 0.1) is 0 Å². The molecule has 4 atom stereocenters. The minimum Gasteiger partial charge on any atom is -0.395 e. The van der Waals surface area contributed by atoms with E-state index in [2.05, 4.69) is 0 Å². The third-order valence-corrected chi connectivity index (χ3v) is 2.45. The van der Waals surface area contributed by atoms with Crippen LogP contribution >= 0.6 is 0 Å². The van der Waals surface area contributed by atoms with Crippen LogP contribution in [0.15, 0.2) is 0 Å². The molecular formula is C8H17NO5. The van der Waals surface area contributed by atoms with Crippen molar-refractivity contribution in [2.75, 3.05) is 26.2 Å². The van der Waals surface area contributed by atoms with Gasteiger partial charge >= 0.3 is 0 Å². The third-order valence-electron chi connectivity index (χ3n) is 2.45. The van der Waals surface area contributed by atoms with E-state index in [1.807, 2.05) is 0 Å². The van der Waals surface area contributed by atoms with Gasteiger partial charge in [0.15, 0.2) is 0 Å². The summed E-state index contributed by atoms with van der Waals surface area (Å²) in [7, 11) is 0. The molecule has 0 aromatic carbocycles. The zero-order valence-electron chi connectivity index (χ0n) is 7.82. The highest BCUT2D eigenvalue weighted by molar-refractivity contribution is 4.88. The first-order chi connectivity index (χ1) is 6.56.